The van der Waals surface area contributed by atoms with Gasteiger partial charge in [0.05, 0.1) is 5.39 Å². The van der Waals surface area contributed by atoms with Crippen LogP contribution in [0.15, 0.2) is 5.38 Å². The summed E-state index contributed by atoms with van der Waals surface area (Å²) in [4.78, 5) is 8.78. The summed E-state index contributed by atoms with van der Waals surface area (Å²) in [5.74, 6) is 0.231. The number of hydrogen-bond acceptors (Lipinski definition) is 4. The molecule has 0 aliphatic carbocycles. The van der Waals surface area contributed by atoms with Crippen molar-refractivity contribution in [3.05, 3.63) is 16.1 Å². The first kappa shape index (κ1) is 7.76. The Bertz CT molecular complexity index is 437. The summed E-state index contributed by atoms with van der Waals surface area (Å²) in [6.07, 6.45) is 0. The number of aromatic nitrogens is 2. The molecule has 2 N–H and O–H groups in total. The number of hydrogen-bond donors (Lipinski definition) is 1. The van der Waals surface area contributed by atoms with E-state index in [1.165, 1.54) is 11.3 Å². The molecular weight excluding hydrogens is 194 g/mol. The maximum absolute atomic E-state index is 5.88. The van der Waals surface area contributed by atoms with Gasteiger partial charge in [0.15, 0.2) is 0 Å². The van der Waals surface area contributed by atoms with E-state index >= 15 is 0 Å². The summed E-state index contributed by atoms with van der Waals surface area (Å²) in [5.41, 5.74) is 6.53. The molecule has 0 aliphatic heterocycles. The van der Waals surface area contributed by atoms with Crippen molar-refractivity contribution in [2.75, 3.05) is 5.73 Å². The zero-order valence-corrected chi connectivity index (χ0v) is 7.91. The first-order valence-corrected chi connectivity index (χ1v) is 4.61. The van der Waals surface area contributed by atoms with Crippen molar-refractivity contribution in [3.63, 3.8) is 0 Å². The molecule has 0 aliphatic rings. The number of aryl methyl sites for hydroxylation is 1. The second-order valence-electron chi connectivity index (χ2n) is 2.47. The Balaban J connectivity index is 2.93. The van der Waals surface area contributed by atoms with E-state index in [0.717, 1.165) is 15.8 Å². The smallest absolute Gasteiger partial charge is 0.222 e. The van der Waals surface area contributed by atoms with Crippen LogP contribution in [0.4, 0.5) is 5.95 Å². The summed E-state index contributed by atoms with van der Waals surface area (Å²) in [7, 11) is 0. The summed E-state index contributed by atoms with van der Waals surface area (Å²) >= 11 is 7.41. The molecule has 0 fully saturated rings. The minimum absolute atomic E-state index is 0.231. The predicted molar refractivity (Wildman–Crippen MR) is 51.6 cm³/mol. The number of fused-ring (bicyclic) bond motifs is 1. The van der Waals surface area contributed by atoms with Crippen molar-refractivity contribution in [1.82, 2.24) is 9.97 Å². The van der Waals surface area contributed by atoms with Gasteiger partial charge in [-0.1, -0.05) is 11.6 Å². The Morgan fingerprint density at radius 3 is 3.00 bits per heavy atom. The van der Waals surface area contributed by atoms with Crippen LogP contribution in [0, 0.1) is 6.92 Å². The van der Waals surface area contributed by atoms with E-state index in [4.69, 9.17) is 17.3 Å². The topological polar surface area (TPSA) is 51.8 Å². The maximum Gasteiger partial charge on any atom is 0.222 e. The lowest BCUT2D eigenvalue weighted by Crippen LogP contribution is -1.94. The zero-order valence-electron chi connectivity index (χ0n) is 6.34. The second-order valence-corrected chi connectivity index (χ2v) is 3.69. The average molecular weight is 200 g/mol. The minimum atomic E-state index is 0.231. The molecule has 2 aromatic heterocycles. The standard InChI is InChI=1S/C7H6ClN3S/c1-3-2-12-6-4(3)5(8)10-7(9)11-6/h2H,1H3,(H2,9,10,11). The van der Waals surface area contributed by atoms with Gasteiger partial charge < -0.3 is 5.73 Å². The molecule has 0 amide bonds. The van der Waals surface area contributed by atoms with Gasteiger partial charge in [-0.3, -0.25) is 0 Å². The van der Waals surface area contributed by atoms with Gasteiger partial charge in [-0.05, 0) is 17.9 Å². The first-order chi connectivity index (χ1) is 5.68. The number of nitrogens with two attached hydrogens (primary N) is 1. The average Bonchev–Trinajstić information content (AvgIpc) is 2.31. The quantitative estimate of drug-likeness (QED) is 0.662. The molecule has 5 heteroatoms. The third kappa shape index (κ3) is 1.04. The van der Waals surface area contributed by atoms with Crippen molar-refractivity contribution >= 4 is 39.1 Å². The number of halogens is 1. The zero-order chi connectivity index (χ0) is 8.72. The van der Waals surface area contributed by atoms with Gasteiger partial charge in [0.2, 0.25) is 5.95 Å². The molecule has 2 rings (SSSR count). The van der Waals surface area contributed by atoms with Gasteiger partial charge in [-0.25, -0.2) is 9.97 Å². The van der Waals surface area contributed by atoms with E-state index in [1.54, 1.807) is 0 Å². The van der Waals surface area contributed by atoms with Crippen LogP contribution in [0.3, 0.4) is 0 Å². The first-order valence-electron chi connectivity index (χ1n) is 3.35. The van der Waals surface area contributed by atoms with E-state index in [-0.39, 0.29) is 5.95 Å². The normalized spacial score (nSPS) is 10.8. The Morgan fingerprint density at radius 1 is 1.50 bits per heavy atom. The largest absolute Gasteiger partial charge is 0.368 e. The molecule has 3 nitrogen and oxygen atoms in total. The molecule has 0 spiro atoms. The van der Waals surface area contributed by atoms with Gasteiger partial charge in [-0.2, -0.15) is 0 Å². The monoisotopic (exact) mass is 199 g/mol. The maximum atomic E-state index is 5.88. The van der Waals surface area contributed by atoms with Crippen LogP contribution in [0.5, 0.6) is 0 Å². The number of anilines is 1. The third-order valence-corrected chi connectivity index (χ3v) is 2.85. The fourth-order valence-electron chi connectivity index (χ4n) is 1.05. The summed E-state index contributed by atoms with van der Waals surface area (Å²) in [6.45, 7) is 1.98. The van der Waals surface area contributed by atoms with Crippen LogP contribution >= 0.6 is 22.9 Å². The van der Waals surface area contributed by atoms with E-state index in [2.05, 4.69) is 9.97 Å². The molecule has 0 bridgehead atoms. The third-order valence-electron chi connectivity index (χ3n) is 1.59. The Labute approximate surface area is 78.2 Å². The van der Waals surface area contributed by atoms with Crippen LogP contribution in [-0.4, -0.2) is 9.97 Å². The van der Waals surface area contributed by atoms with Crippen molar-refractivity contribution in [1.29, 1.82) is 0 Å². The van der Waals surface area contributed by atoms with Gasteiger partial charge in [0.25, 0.3) is 0 Å². The highest BCUT2D eigenvalue weighted by Crippen LogP contribution is 2.29. The highest BCUT2D eigenvalue weighted by atomic mass is 35.5. The number of nitrogen functional groups attached to an aromatic ring is 1. The molecule has 0 atom stereocenters. The molecule has 12 heavy (non-hydrogen) atoms. The lowest BCUT2D eigenvalue weighted by molar-refractivity contribution is 1.25. The van der Waals surface area contributed by atoms with Crippen LogP contribution in [0.2, 0.25) is 5.15 Å². The Kier molecular flexibility index (Phi) is 1.66. The highest BCUT2D eigenvalue weighted by Gasteiger charge is 2.07. The fourth-order valence-corrected chi connectivity index (χ4v) is 2.36. The Hall–Kier alpha value is -0.870. The second kappa shape index (κ2) is 2.57. The van der Waals surface area contributed by atoms with Crippen LogP contribution < -0.4 is 5.73 Å². The molecule has 0 aromatic carbocycles. The van der Waals surface area contributed by atoms with Crippen molar-refractivity contribution in [2.24, 2.45) is 0 Å². The predicted octanol–water partition coefficient (Wildman–Crippen LogP) is 2.24. The Morgan fingerprint density at radius 2 is 2.25 bits per heavy atom. The molecule has 0 saturated heterocycles. The molecule has 0 unspecified atom stereocenters. The fraction of sp³-hybridized carbons (Fsp3) is 0.143. The molecule has 2 heterocycles. The SMILES string of the molecule is Cc1csc2nc(N)nc(Cl)c12. The van der Waals surface area contributed by atoms with Crippen LogP contribution in [-0.2, 0) is 0 Å². The lowest BCUT2D eigenvalue weighted by Gasteiger charge is -1.95. The number of nitrogens with zero attached hydrogens (tertiary/aromatic N) is 2. The van der Waals surface area contributed by atoms with Crippen LogP contribution in [0.25, 0.3) is 10.2 Å². The molecule has 2 aromatic rings. The van der Waals surface area contributed by atoms with Gasteiger partial charge >= 0.3 is 0 Å². The van der Waals surface area contributed by atoms with Crippen molar-refractivity contribution in [3.8, 4) is 0 Å². The minimum Gasteiger partial charge on any atom is -0.368 e. The summed E-state index contributed by atoms with van der Waals surface area (Å²) in [6, 6.07) is 0. The summed E-state index contributed by atoms with van der Waals surface area (Å²) in [5, 5.41) is 3.34. The number of thiophene rings is 1. The molecule has 62 valence electrons. The highest BCUT2D eigenvalue weighted by molar-refractivity contribution is 7.17. The van der Waals surface area contributed by atoms with Gasteiger partial charge in [-0.15, -0.1) is 11.3 Å². The van der Waals surface area contributed by atoms with E-state index in [9.17, 15) is 0 Å². The van der Waals surface area contributed by atoms with Gasteiger partial charge in [0, 0.05) is 0 Å². The lowest BCUT2D eigenvalue weighted by atomic mass is 10.3. The van der Waals surface area contributed by atoms with Crippen LogP contribution in [0.1, 0.15) is 5.56 Å². The molecule has 0 radical (unpaired) electrons. The summed E-state index contributed by atoms with van der Waals surface area (Å²) < 4.78 is 0. The van der Waals surface area contributed by atoms with E-state index in [0.29, 0.717) is 5.15 Å². The van der Waals surface area contributed by atoms with Crippen molar-refractivity contribution < 1.29 is 0 Å². The van der Waals surface area contributed by atoms with Crippen molar-refractivity contribution in [2.45, 2.75) is 6.92 Å². The number of rotatable bonds is 0. The molecule has 0 saturated carbocycles. The van der Waals surface area contributed by atoms with E-state index in [1.807, 2.05) is 12.3 Å². The molecular formula is C7H6ClN3S. The van der Waals surface area contributed by atoms with E-state index < -0.39 is 0 Å². The van der Waals surface area contributed by atoms with Gasteiger partial charge in [0.1, 0.15) is 9.98 Å².